The van der Waals surface area contributed by atoms with Crippen molar-refractivity contribution in [2.75, 3.05) is 25.0 Å². The molecule has 0 bridgehead atoms. The number of carbonyl (C=O) groups is 2. The van der Waals surface area contributed by atoms with Crippen LogP contribution in [0.5, 0.6) is 0 Å². The van der Waals surface area contributed by atoms with Crippen molar-refractivity contribution in [3.05, 3.63) is 28.7 Å². The molecule has 29 heavy (non-hydrogen) atoms. The molecule has 0 radical (unpaired) electrons. The zero-order valence-electron chi connectivity index (χ0n) is 17.1. The molecule has 4 rings (SSSR count). The Labute approximate surface area is 169 Å². The number of hydrogen-bond donors (Lipinski definition) is 2. The van der Waals surface area contributed by atoms with Crippen LogP contribution in [0.1, 0.15) is 32.1 Å². The number of nitrogens with zero attached hydrogens (tertiary/aromatic N) is 3. The Hall–Kier alpha value is -2.61. The van der Waals surface area contributed by atoms with Gasteiger partial charge in [-0.3, -0.25) is 18.7 Å². The molecule has 2 amide bonds. The number of aryl methyl sites for hydroxylation is 2. The lowest BCUT2D eigenvalue weighted by atomic mass is 9.83. The zero-order valence-corrected chi connectivity index (χ0v) is 17.1. The number of imidazole rings is 1. The first kappa shape index (κ1) is 19.7. The molecule has 8 nitrogen and oxygen atoms in total. The molecule has 8 heteroatoms. The summed E-state index contributed by atoms with van der Waals surface area (Å²) >= 11 is 0. The van der Waals surface area contributed by atoms with Crippen molar-refractivity contribution in [3.8, 4) is 0 Å². The Balaban J connectivity index is 1.37. The quantitative estimate of drug-likeness (QED) is 0.759. The topological polar surface area (TPSA) is 88.4 Å². The first-order valence-corrected chi connectivity index (χ1v) is 10.4. The largest absolute Gasteiger partial charge is 0.347 e. The van der Waals surface area contributed by atoms with Crippen LogP contribution < -0.4 is 16.3 Å². The van der Waals surface area contributed by atoms with Crippen LogP contribution in [-0.2, 0) is 23.7 Å². The molecule has 2 aliphatic rings. The smallest absolute Gasteiger partial charge is 0.328 e. The fraction of sp³-hybridized carbons (Fsp3) is 0.571. The molecule has 3 heterocycles. The molecule has 2 aliphatic heterocycles. The highest BCUT2D eigenvalue weighted by atomic mass is 16.2. The lowest BCUT2D eigenvalue weighted by Gasteiger charge is -2.44. The van der Waals surface area contributed by atoms with Crippen LogP contribution in [0, 0.1) is 5.92 Å². The van der Waals surface area contributed by atoms with Crippen molar-refractivity contribution >= 4 is 28.5 Å². The summed E-state index contributed by atoms with van der Waals surface area (Å²) in [5.41, 5.74) is 1.84. The summed E-state index contributed by atoms with van der Waals surface area (Å²) in [6.45, 7) is 2.85. The van der Waals surface area contributed by atoms with Gasteiger partial charge in [0.15, 0.2) is 0 Å². The van der Waals surface area contributed by atoms with E-state index in [-0.39, 0.29) is 5.69 Å². The average Bonchev–Trinajstić information content (AvgIpc) is 2.95. The second-order valence-electron chi connectivity index (χ2n) is 8.27. The number of hydrogen-bond acceptors (Lipinski definition) is 4. The monoisotopic (exact) mass is 399 g/mol. The minimum atomic E-state index is -0.679. The summed E-state index contributed by atoms with van der Waals surface area (Å²) in [5, 5.41) is 5.48. The fourth-order valence-electron chi connectivity index (χ4n) is 4.89. The normalized spacial score (nSPS) is 22.3. The molecule has 0 spiro atoms. The number of rotatable bonds is 3. The highest BCUT2D eigenvalue weighted by molar-refractivity contribution is 6.39. The summed E-state index contributed by atoms with van der Waals surface area (Å²) in [7, 11) is 3.39. The van der Waals surface area contributed by atoms with Gasteiger partial charge in [-0.1, -0.05) is 6.42 Å². The number of fused-ring (bicyclic) bond motifs is 2. The van der Waals surface area contributed by atoms with Gasteiger partial charge in [0.1, 0.15) is 0 Å². The molecular weight excluding hydrogens is 370 g/mol. The third-order valence-corrected chi connectivity index (χ3v) is 6.49. The first-order chi connectivity index (χ1) is 14.0. The Bertz CT molecular complexity index is 990. The van der Waals surface area contributed by atoms with Gasteiger partial charge < -0.3 is 15.5 Å². The Morgan fingerprint density at radius 2 is 1.76 bits per heavy atom. The fourth-order valence-corrected chi connectivity index (χ4v) is 4.89. The van der Waals surface area contributed by atoms with E-state index in [0.717, 1.165) is 31.4 Å². The van der Waals surface area contributed by atoms with Gasteiger partial charge in [-0.2, -0.15) is 0 Å². The average molecular weight is 399 g/mol. The molecule has 0 unspecified atom stereocenters. The molecule has 0 saturated carbocycles. The van der Waals surface area contributed by atoms with E-state index in [1.807, 2.05) is 0 Å². The van der Waals surface area contributed by atoms with Gasteiger partial charge in [0, 0.05) is 32.4 Å². The third-order valence-electron chi connectivity index (χ3n) is 6.49. The number of aromatic nitrogens is 2. The summed E-state index contributed by atoms with van der Waals surface area (Å²) in [6, 6.07) is 5.71. The maximum Gasteiger partial charge on any atom is 0.328 e. The standard InChI is InChI=1S/C21H29N5O3/c1-24-17-9-8-15(12-18(17)25(2)21(24)29)23-20(28)19(27)22-13-14-6-5-11-26-10-4-3-7-16(14)26/h8-9,12,14,16H,3-7,10-11,13H2,1-2H3,(H,22,27)(H,23,28)/t14-,16+/m1/s1. The van der Waals surface area contributed by atoms with Crippen LogP contribution in [0.25, 0.3) is 11.0 Å². The lowest BCUT2D eigenvalue weighted by Crippen LogP contribution is -2.51. The molecule has 2 atom stereocenters. The molecule has 2 saturated heterocycles. The second-order valence-corrected chi connectivity index (χ2v) is 8.27. The van der Waals surface area contributed by atoms with E-state index in [9.17, 15) is 14.4 Å². The van der Waals surface area contributed by atoms with E-state index in [0.29, 0.717) is 29.7 Å². The Morgan fingerprint density at radius 1 is 1.00 bits per heavy atom. The van der Waals surface area contributed by atoms with Gasteiger partial charge in [0.05, 0.1) is 11.0 Å². The number of carbonyl (C=O) groups excluding carboxylic acids is 2. The van der Waals surface area contributed by atoms with Crippen LogP contribution in [0.4, 0.5) is 5.69 Å². The van der Waals surface area contributed by atoms with E-state index in [4.69, 9.17) is 0 Å². The van der Waals surface area contributed by atoms with Crippen molar-refractivity contribution in [1.29, 1.82) is 0 Å². The molecule has 2 aromatic rings. The summed E-state index contributed by atoms with van der Waals surface area (Å²) in [5.74, 6) is -0.877. The number of amides is 2. The van der Waals surface area contributed by atoms with Crippen LogP contribution >= 0.6 is 0 Å². The van der Waals surface area contributed by atoms with E-state index in [1.54, 1.807) is 36.9 Å². The zero-order chi connectivity index (χ0) is 20.5. The number of anilines is 1. The highest BCUT2D eigenvalue weighted by Gasteiger charge is 2.33. The van der Waals surface area contributed by atoms with Crippen LogP contribution in [0.2, 0.25) is 0 Å². The molecule has 156 valence electrons. The van der Waals surface area contributed by atoms with Crippen LogP contribution in [0.15, 0.2) is 23.0 Å². The van der Waals surface area contributed by atoms with Crippen molar-refractivity contribution in [1.82, 2.24) is 19.4 Å². The Kier molecular flexibility index (Phi) is 5.45. The van der Waals surface area contributed by atoms with Gasteiger partial charge in [-0.15, -0.1) is 0 Å². The minimum absolute atomic E-state index is 0.134. The third kappa shape index (κ3) is 3.81. The van der Waals surface area contributed by atoms with E-state index < -0.39 is 11.8 Å². The predicted molar refractivity (Wildman–Crippen MR) is 112 cm³/mol. The van der Waals surface area contributed by atoms with Crippen LogP contribution in [-0.4, -0.2) is 51.5 Å². The maximum absolute atomic E-state index is 12.4. The molecular formula is C21H29N5O3. The van der Waals surface area contributed by atoms with E-state index in [1.165, 1.54) is 23.8 Å². The van der Waals surface area contributed by atoms with Crippen molar-refractivity contribution in [2.45, 2.75) is 38.1 Å². The minimum Gasteiger partial charge on any atom is -0.347 e. The Morgan fingerprint density at radius 3 is 2.59 bits per heavy atom. The van der Waals surface area contributed by atoms with Crippen LogP contribution in [0.3, 0.4) is 0 Å². The highest BCUT2D eigenvalue weighted by Crippen LogP contribution is 2.30. The van der Waals surface area contributed by atoms with Gasteiger partial charge >= 0.3 is 17.5 Å². The lowest BCUT2D eigenvalue weighted by molar-refractivity contribution is -0.136. The molecule has 2 N–H and O–H groups in total. The van der Waals surface area contributed by atoms with Gasteiger partial charge in [-0.25, -0.2) is 4.79 Å². The number of nitrogens with one attached hydrogen (secondary N) is 2. The summed E-state index contributed by atoms with van der Waals surface area (Å²) < 4.78 is 3.07. The summed E-state index contributed by atoms with van der Waals surface area (Å²) in [4.78, 5) is 39.3. The molecule has 1 aromatic heterocycles. The molecule has 2 fully saturated rings. The predicted octanol–water partition coefficient (Wildman–Crippen LogP) is 1.20. The van der Waals surface area contributed by atoms with Gasteiger partial charge in [0.25, 0.3) is 0 Å². The molecule has 0 aliphatic carbocycles. The SMILES string of the molecule is Cn1c(=O)n(C)c2cc(NC(=O)C(=O)NC[C@H]3CCCN4CCCC[C@@H]34)ccc21. The van der Waals surface area contributed by atoms with Crippen molar-refractivity contribution < 1.29 is 9.59 Å². The molecule has 1 aromatic carbocycles. The second kappa shape index (κ2) is 8.02. The van der Waals surface area contributed by atoms with Gasteiger partial charge in [-0.05, 0) is 62.9 Å². The number of piperidine rings is 2. The van der Waals surface area contributed by atoms with Gasteiger partial charge in [0.2, 0.25) is 0 Å². The van der Waals surface area contributed by atoms with E-state index in [2.05, 4.69) is 15.5 Å². The van der Waals surface area contributed by atoms with Crippen molar-refractivity contribution in [3.63, 3.8) is 0 Å². The van der Waals surface area contributed by atoms with E-state index >= 15 is 0 Å². The maximum atomic E-state index is 12.4. The van der Waals surface area contributed by atoms with Crippen molar-refractivity contribution in [2.24, 2.45) is 20.0 Å². The summed E-state index contributed by atoms with van der Waals surface area (Å²) in [6.07, 6.45) is 5.94. The number of benzene rings is 1. The first-order valence-electron chi connectivity index (χ1n) is 10.4.